The predicted molar refractivity (Wildman–Crippen MR) is 103 cm³/mol. The Bertz CT molecular complexity index is 945. The molecule has 2 aromatic carbocycles. The summed E-state index contributed by atoms with van der Waals surface area (Å²) in [6, 6.07) is 14.3. The summed E-state index contributed by atoms with van der Waals surface area (Å²) >= 11 is 0. The first-order valence-corrected chi connectivity index (χ1v) is 8.64. The Morgan fingerprint density at radius 2 is 1.75 bits per heavy atom. The summed E-state index contributed by atoms with van der Waals surface area (Å²) in [7, 11) is 1.61. The van der Waals surface area contributed by atoms with Gasteiger partial charge in [0.05, 0.1) is 19.0 Å². The minimum absolute atomic E-state index is 0.269. The summed E-state index contributed by atoms with van der Waals surface area (Å²) in [5, 5.41) is 5.72. The van der Waals surface area contributed by atoms with Crippen LogP contribution in [0.15, 0.2) is 60.8 Å². The van der Waals surface area contributed by atoms with E-state index in [2.05, 4.69) is 15.6 Å². The van der Waals surface area contributed by atoms with E-state index in [9.17, 15) is 13.6 Å². The zero-order valence-corrected chi connectivity index (χ0v) is 15.2. The fraction of sp³-hybridized carbons (Fsp3) is 0.143. The monoisotopic (exact) mass is 383 g/mol. The maximum atomic E-state index is 13.2. The number of hydrogen-bond acceptors (Lipinski definition) is 4. The highest BCUT2D eigenvalue weighted by molar-refractivity contribution is 5.92. The van der Waals surface area contributed by atoms with Gasteiger partial charge in [-0.3, -0.25) is 4.79 Å². The van der Waals surface area contributed by atoms with E-state index < -0.39 is 11.6 Å². The van der Waals surface area contributed by atoms with Gasteiger partial charge in [0.25, 0.3) is 5.91 Å². The van der Waals surface area contributed by atoms with E-state index in [0.717, 1.165) is 23.4 Å². The number of rotatable bonds is 7. The Kier molecular flexibility index (Phi) is 6.16. The smallest absolute Gasteiger partial charge is 0.269 e. The van der Waals surface area contributed by atoms with E-state index in [4.69, 9.17) is 4.74 Å². The van der Waals surface area contributed by atoms with Crippen LogP contribution in [0.25, 0.3) is 0 Å². The molecule has 1 amide bonds. The van der Waals surface area contributed by atoms with E-state index in [1.807, 2.05) is 24.3 Å². The number of halogens is 2. The van der Waals surface area contributed by atoms with Crippen LogP contribution < -0.4 is 15.4 Å². The molecule has 144 valence electrons. The average molecular weight is 383 g/mol. The first-order valence-electron chi connectivity index (χ1n) is 8.64. The number of nitrogens with one attached hydrogen (secondary N) is 2. The molecule has 2 N–H and O–H groups in total. The van der Waals surface area contributed by atoms with Gasteiger partial charge < -0.3 is 15.4 Å². The molecule has 0 aliphatic heterocycles. The summed E-state index contributed by atoms with van der Waals surface area (Å²) in [5.41, 5.74) is 2.30. The average Bonchev–Trinajstić information content (AvgIpc) is 2.72. The Hall–Kier alpha value is -3.48. The number of nitrogens with zero attached hydrogens (tertiary/aromatic N) is 1. The fourth-order valence-corrected chi connectivity index (χ4v) is 2.55. The molecule has 3 rings (SSSR count). The first kappa shape index (κ1) is 19.3. The van der Waals surface area contributed by atoms with E-state index in [-0.39, 0.29) is 11.6 Å². The molecule has 5 nitrogen and oxygen atoms in total. The highest BCUT2D eigenvalue weighted by Gasteiger charge is 2.08. The van der Waals surface area contributed by atoms with Gasteiger partial charge in [0, 0.05) is 18.3 Å². The normalized spacial score (nSPS) is 10.4. The van der Waals surface area contributed by atoms with Crippen molar-refractivity contribution in [3.63, 3.8) is 0 Å². The van der Waals surface area contributed by atoms with E-state index in [0.29, 0.717) is 24.3 Å². The number of amides is 1. The number of carbonyl (C=O) groups is 1. The van der Waals surface area contributed by atoms with Crippen LogP contribution in [0.3, 0.4) is 0 Å². The molecule has 0 saturated carbocycles. The minimum Gasteiger partial charge on any atom is -0.497 e. The van der Waals surface area contributed by atoms with Gasteiger partial charge in [0.15, 0.2) is 11.6 Å². The zero-order valence-electron chi connectivity index (χ0n) is 15.2. The van der Waals surface area contributed by atoms with Crippen molar-refractivity contribution >= 4 is 17.3 Å². The molecule has 0 radical (unpaired) electrons. The summed E-state index contributed by atoms with van der Waals surface area (Å²) in [6.45, 7) is 0.474. The molecular weight excluding hydrogens is 364 g/mol. The van der Waals surface area contributed by atoms with E-state index in [1.165, 1.54) is 12.3 Å². The fourth-order valence-electron chi connectivity index (χ4n) is 2.55. The maximum Gasteiger partial charge on any atom is 0.269 e. The van der Waals surface area contributed by atoms with Gasteiger partial charge in [-0.25, -0.2) is 13.8 Å². The number of ether oxygens (including phenoxy) is 1. The zero-order chi connectivity index (χ0) is 19.9. The Morgan fingerprint density at radius 3 is 2.39 bits per heavy atom. The highest BCUT2D eigenvalue weighted by atomic mass is 19.2. The topological polar surface area (TPSA) is 63.2 Å². The number of aromatic nitrogens is 1. The number of carbonyl (C=O) groups excluding carboxylic acids is 1. The quantitative estimate of drug-likeness (QED) is 0.645. The van der Waals surface area contributed by atoms with Gasteiger partial charge in [0.1, 0.15) is 11.4 Å². The molecule has 0 spiro atoms. The highest BCUT2D eigenvalue weighted by Crippen LogP contribution is 2.18. The minimum atomic E-state index is -0.939. The van der Waals surface area contributed by atoms with Crippen molar-refractivity contribution in [1.82, 2.24) is 10.3 Å². The maximum absolute atomic E-state index is 13.2. The van der Waals surface area contributed by atoms with Crippen molar-refractivity contribution < 1.29 is 18.3 Å². The lowest BCUT2D eigenvalue weighted by atomic mass is 10.1. The molecule has 28 heavy (non-hydrogen) atoms. The lowest BCUT2D eigenvalue weighted by molar-refractivity contribution is 0.0949. The van der Waals surface area contributed by atoms with Crippen molar-refractivity contribution in [2.45, 2.75) is 6.42 Å². The molecule has 0 saturated heterocycles. The second-order valence-corrected chi connectivity index (χ2v) is 6.04. The molecule has 0 bridgehead atoms. The van der Waals surface area contributed by atoms with E-state index in [1.54, 1.807) is 19.2 Å². The van der Waals surface area contributed by atoms with Crippen LogP contribution in [0, 0.1) is 11.6 Å². The number of pyridine rings is 1. The molecule has 0 aliphatic carbocycles. The van der Waals surface area contributed by atoms with Crippen LogP contribution in [0.4, 0.5) is 20.2 Å². The third-order valence-corrected chi connectivity index (χ3v) is 4.06. The summed E-state index contributed by atoms with van der Waals surface area (Å²) in [5.74, 6) is -1.35. The first-order chi connectivity index (χ1) is 13.5. The van der Waals surface area contributed by atoms with Crippen molar-refractivity contribution in [2.24, 2.45) is 0 Å². The summed E-state index contributed by atoms with van der Waals surface area (Å²) < 4.78 is 31.3. The van der Waals surface area contributed by atoms with Gasteiger partial charge in [0.2, 0.25) is 0 Å². The van der Waals surface area contributed by atoms with Crippen LogP contribution in [-0.2, 0) is 6.42 Å². The van der Waals surface area contributed by atoms with Crippen LogP contribution in [0.2, 0.25) is 0 Å². The van der Waals surface area contributed by atoms with Gasteiger partial charge in [-0.15, -0.1) is 0 Å². The lowest BCUT2D eigenvalue weighted by Crippen LogP contribution is -2.26. The predicted octanol–water partition coefficient (Wildman–Crippen LogP) is 4.08. The molecule has 0 atom stereocenters. The van der Waals surface area contributed by atoms with Crippen molar-refractivity contribution in [1.29, 1.82) is 0 Å². The number of hydrogen-bond donors (Lipinski definition) is 2. The number of anilines is 2. The Balaban J connectivity index is 1.52. The van der Waals surface area contributed by atoms with Crippen molar-refractivity contribution in [3.05, 3.63) is 83.7 Å². The number of benzene rings is 2. The molecule has 3 aromatic rings. The summed E-state index contributed by atoms with van der Waals surface area (Å²) in [4.78, 5) is 16.3. The van der Waals surface area contributed by atoms with Crippen molar-refractivity contribution in [2.75, 3.05) is 19.0 Å². The van der Waals surface area contributed by atoms with Gasteiger partial charge in [-0.05, 0) is 48.4 Å². The second-order valence-electron chi connectivity index (χ2n) is 6.04. The standard InChI is InChI=1S/C21H19F2N3O2/c1-28-17-6-2-14(3-7-17)10-11-24-21(27)20-9-5-16(13-25-20)26-15-4-8-18(22)19(23)12-15/h2-9,12-13,26H,10-11H2,1H3,(H,24,27). The van der Waals surface area contributed by atoms with Crippen LogP contribution in [0.5, 0.6) is 5.75 Å². The van der Waals surface area contributed by atoms with Crippen molar-refractivity contribution in [3.8, 4) is 5.75 Å². The van der Waals surface area contributed by atoms with Crippen LogP contribution in [0.1, 0.15) is 16.1 Å². The molecule has 0 aliphatic rings. The number of methoxy groups -OCH3 is 1. The molecule has 1 aromatic heterocycles. The van der Waals surface area contributed by atoms with Gasteiger partial charge in [-0.2, -0.15) is 0 Å². The largest absolute Gasteiger partial charge is 0.497 e. The third-order valence-electron chi connectivity index (χ3n) is 4.06. The van der Waals surface area contributed by atoms with Gasteiger partial charge >= 0.3 is 0 Å². The molecular formula is C21H19F2N3O2. The molecule has 0 unspecified atom stereocenters. The van der Waals surface area contributed by atoms with Crippen LogP contribution in [-0.4, -0.2) is 24.5 Å². The Morgan fingerprint density at radius 1 is 1.00 bits per heavy atom. The SMILES string of the molecule is COc1ccc(CCNC(=O)c2ccc(Nc3ccc(F)c(F)c3)cn2)cc1. The molecule has 0 fully saturated rings. The summed E-state index contributed by atoms with van der Waals surface area (Å²) in [6.07, 6.45) is 2.14. The van der Waals surface area contributed by atoms with Gasteiger partial charge in [-0.1, -0.05) is 12.1 Å². The molecule has 1 heterocycles. The van der Waals surface area contributed by atoms with Crippen LogP contribution >= 0.6 is 0 Å². The lowest BCUT2D eigenvalue weighted by Gasteiger charge is -2.08. The Labute approximate surface area is 161 Å². The van der Waals surface area contributed by atoms with E-state index >= 15 is 0 Å². The molecule has 7 heteroatoms. The second kappa shape index (κ2) is 8.94. The third kappa shape index (κ3) is 5.03.